The van der Waals surface area contributed by atoms with Crippen LogP contribution in [0.3, 0.4) is 0 Å². The Bertz CT molecular complexity index is 615. The molecule has 0 bridgehead atoms. The summed E-state index contributed by atoms with van der Waals surface area (Å²) < 4.78 is 19.4. The maximum Gasteiger partial charge on any atom is 0.268 e. The molecule has 0 amide bonds. The molecule has 0 radical (unpaired) electrons. The summed E-state index contributed by atoms with van der Waals surface area (Å²) in [6.07, 6.45) is 1.18. The molecule has 1 aromatic carbocycles. The van der Waals surface area contributed by atoms with Gasteiger partial charge in [0.2, 0.25) is 5.88 Å². The fourth-order valence-corrected chi connectivity index (χ4v) is 1.73. The van der Waals surface area contributed by atoms with Gasteiger partial charge in [0, 0.05) is 4.47 Å². The third-order valence-corrected chi connectivity index (χ3v) is 3.06. The molecule has 1 heterocycles. The van der Waals surface area contributed by atoms with E-state index in [1.165, 1.54) is 18.5 Å². The predicted molar refractivity (Wildman–Crippen MR) is 66.7 cm³/mol. The molecule has 2 aromatic rings. The van der Waals surface area contributed by atoms with Crippen LogP contribution in [0.2, 0.25) is 0 Å². The third kappa shape index (κ3) is 2.73. The Hall–Kier alpha value is -1.21. The molecule has 1 N–H and O–H groups in total. The van der Waals surface area contributed by atoms with Gasteiger partial charge in [-0.1, -0.05) is 15.9 Å². The maximum atomic E-state index is 13.5. The van der Waals surface area contributed by atoms with E-state index in [4.69, 9.17) is 4.74 Å². The summed E-state index contributed by atoms with van der Waals surface area (Å²) in [4.78, 5) is 17.4. The highest BCUT2D eigenvalue weighted by Gasteiger charge is 2.11. The predicted octanol–water partition coefficient (Wildman–Crippen LogP) is 3.23. The van der Waals surface area contributed by atoms with Crippen LogP contribution in [0.15, 0.2) is 38.3 Å². The van der Waals surface area contributed by atoms with Gasteiger partial charge in [-0.15, -0.1) is 0 Å². The van der Waals surface area contributed by atoms with E-state index in [1.807, 2.05) is 0 Å². The third-order valence-electron chi connectivity index (χ3n) is 1.87. The molecule has 0 aliphatic rings. The van der Waals surface area contributed by atoms with E-state index < -0.39 is 11.4 Å². The number of aromatic nitrogens is 2. The second-order valence-electron chi connectivity index (χ2n) is 3.03. The zero-order chi connectivity index (χ0) is 12.4. The van der Waals surface area contributed by atoms with Crippen LogP contribution >= 0.6 is 31.9 Å². The Kier molecular flexibility index (Phi) is 3.58. The van der Waals surface area contributed by atoms with Crippen molar-refractivity contribution < 1.29 is 9.13 Å². The average Bonchev–Trinajstić information content (AvgIpc) is 2.28. The number of hydrogen-bond donors (Lipinski definition) is 1. The molecule has 7 heteroatoms. The highest BCUT2D eigenvalue weighted by Crippen LogP contribution is 2.28. The van der Waals surface area contributed by atoms with E-state index in [2.05, 4.69) is 41.8 Å². The number of rotatable bonds is 2. The van der Waals surface area contributed by atoms with E-state index in [0.29, 0.717) is 4.47 Å². The minimum atomic E-state index is -0.548. The number of nitrogens with zero attached hydrogens (tertiary/aromatic N) is 1. The van der Waals surface area contributed by atoms with Gasteiger partial charge in [-0.25, -0.2) is 9.37 Å². The van der Waals surface area contributed by atoms with E-state index in [-0.39, 0.29) is 16.1 Å². The number of halogens is 3. The first-order chi connectivity index (χ1) is 8.08. The molecule has 2 rings (SSSR count). The molecule has 0 spiro atoms. The van der Waals surface area contributed by atoms with E-state index in [1.54, 1.807) is 6.07 Å². The molecule has 0 unspecified atom stereocenters. The lowest BCUT2D eigenvalue weighted by atomic mass is 10.3. The fourth-order valence-electron chi connectivity index (χ4n) is 1.10. The summed E-state index contributed by atoms with van der Waals surface area (Å²) in [5, 5.41) is 0. The highest BCUT2D eigenvalue weighted by molar-refractivity contribution is 9.10. The minimum absolute atomic E-state index is 0.00741. The Morgan fingerprint density at radius 1 is 1.35 bits per heavy atom. The lowest BCUT2D eigenvalue weighted by Gasteiger charge is -2.06. The zero-order valence-corrected chi connectivity index (χ0v) is 11.4. The van der Waals surface area contributed by atoms with Crippen LogP contribution in [0.1, 0.15) is 0 Å². The Balaban J connectivity index is 2.38. The molecular formula is C10H5Br2FN2O2. The first-order valence-corrected chi connectivity index (χ1v) is 6.02. The van der Waals surface area contributed by atoms with Gasteiger partial charge in [0.15, 0.2) is 11.6 Å². The van der Waals surface area contributed by atoms with Crippen molar-refractivity contribution in [1.82, 2.24) is 9.97 Å². The molecule has 0 saturated carbocycles. The topological polar surface area (TPSA) is 55.0 Å². The summed E-state index contributed by atoms with van der Waals surface area (Å²) in [6.45, 7) is 0. The SMILES string of the molecule is O=c1[nH]cnc(Oc2ccc(Br)cc2F)c1Br. The summed E-state index contributed by atoms with van der Waals surface area (Å²) in [6, 6.07) is 4.32. The monoisotopic (exact) mass is 362 g/mol. The fraction of sp³-hybridized carbons (Fsp3) is 0. The zero-order valence-electron chi connectivity index (χ0n) is 8.21. The second kappa shape index (κ2) is 4.97. The van der Waals surface area contributed by atoms with Crippen molar-refractivity contribution in [3.8, 4) is 11.6 Å². The van der Waals surface area contributed by atoms with Gasteiger partial charge >= 0.3 is 0 Å². The summed E-state index contributed by atoms with van der Waals surface area (Å²) >= 11 is 6.15. The quantitative estimate of drug-likeness (QED) is 0.891. The van der Waals surface area contributed by atoms with Crippen molar-refractivity contribution in [1.29, 1.82) is 0 Å². The van der Waals surface area contributed by atoms with Crippen molar-refractivity contribution in [2.75, 3.05) is 0 Å². The molecule has 0 atom stereocenters. The van der Waals surface area contributed by atoms with Gasteiger partial charge in [-0.3, -0.25) is 4.79 Å². The van der Waals surface area contributed by atoms with Gasteiger partial charge in [-0.05, 0) is 34.1 Å². The summed E-state index contributed by atoms with van der Waals surface area (Å²) in [5.74, 6) is -0.546. The standard InChI is InChI=1S/C10H5Br2FN2O2/c11-5-1-2-7(6(13)3-5)17-10-8(12)9(16)14-4-15-10/h1-4H,(H,14,15,16). The molecule has 17 heavy (non-hydrogen) atoms. The van der Waals surface area contributed by atoms with Crippen molar-refractivity contribution in [2.45, 2.75) is 0 Å². The Labute approximate surface area is 112 Å². The minimum Gasteiger partial charge on any atom is -0.435 e. The summed E-state index contributed by atoms with van der Waals surface area (Å²) in [7, 11) is 0. The number of hydrogen-bond acceptors (Lipinski definition) is 3. The summed E-state index contributed by atoms with van der Waals surface area (Å²) in [5.41, 5.74) is -0.396. The number of H-pyrrole nitrogens is 1. The molecule has 0 saturated heterocycles. The number of benzene rings is 1. The average molecular weight is 364 g/mol. The lowest BCUT2D eigenvalue weighted by Crippen LogP contribution is -2.08. The van der Waals surface area contributed by atoms with E-state index in [9.17, 15) is 9.18 Å². The van der Waals surface area contributed by atoms with Gasteiger partial charge < -0.3 is 9.72 Å². The second-order valence-corrected chi connectivity index (χ2v) is 4.74. The Morgan fingerprint density at radius 2 is 2.12 bits per heavy atom. The molecular weight excluding hydrogens is 359 g/mol. The van der Waals surface area contributed by atoms with Crippen LogP contribution in [-0.2, 0) is 0 Å². The molecule has 4 nitrogen and oxygen atoms in total. The Morgan fingerprint density at radius 3 is 2.82 bits per heavy atom. The lowest BCUT2D eigenvalue weighted by molar-refractivity contribution is 0.422. The number of nitrogens with one attached hydrogen (secondary N) is 1. The van der Waals surface area contributed by atoms with Gasteiger partial charge in [-0.2, -0.15) is 0 Å². The molecule has 0 aliphatic carbocycles. The number of ether oxygens (including phenoxy) is 1. The van der Waals surface area contributed by atoms with Crippen LogP contribution in [0.4, 0.5) is 4.39 Å². The smallest absolute Gasteiger partial charge is 0.268 e. The van der Waals surface area contributed by atoms with Gasteiger partial charge in [0.05, 0.1) is 6.33 Å². The molecule has 0 aliphatic heterocycles. The van der Waals surface area contributed by atoms with Crippen LogP contribution in [0.5, 0.6) is 11.6 Å². The van der Waals surface area contributed by atoms with Gasteiger partial charge in [0.25, 0.3) is 5.56 Å². The number of aromatic amines is 1. The first-order valence-electron chi connectivity index (χ1n) is 4.44. The van der Waals surface area contributed by atoms with Crippen molar-refractivity contribution in [2.24, 2.45) is 0 Å². The van der Waals surface area contributed by atoms with Crippen LogP contribution in [0, 0.1) is 5.82 Å². The van der Waals surface area contributed by atoms with Crippen molar-refractivity contribution in [3.05, 3.63) is 49.6 Å². The highest BCUT2D eigenvalue weighted by atomic mass is 79.9. The maximum absolute atomic E-state index is 13.5. The van der Waals surface area contributed by atoms with E-state index >= 15 is 0 Å². The molecule has 1 aromatic heterocycles. The van der Waals surface area contributed by atoms with Crippen LogP contribution < -0.4 is 10.3 Å². The van der Waals surface area contributed by atoms with Crippen molar-refractivity contribution >= 4 is 31.9 Å². The first kappa shape index (κ1) is 12.3. The van der Waals surface area contributed by atoms with E-state index in [0.717, 1.165) is 0 Å². The normalized spacial score (nSPS) is 10.3. The van der Waals surface area contributed by atoms with Crippen LogP contribution in [0.25, 0.3) is 0 Å². The van der Waals surface area contributed by atoms with Gasteiger partial charge in [0.1, 0.15) is 4.47 Å². The molecule has 88 valence electrons. The largest absolute Gasteiger partial charge is 0.435 e. The molecule has 0 fully saturated rings. The van der Waals surface area contributed by atoms with Crippen LogP contribution in [-0.4, -0.2) is 9.97 Å². The van der Waals surface area contributed by atoms with Crippen molar-refractivity contribution in [3.63, 3.8) is 0 Å².